The molecule has 1 heterocycles. The Balaban J connectivity index is 1.84. The van der Waals surface area contributed by atoms with Crippen LogP contribution in [0.25, 0.3) is 0 Å². The Hall–Kier alpha value is -3.26. The Morgan fingerprint density at radius 2 is 1.68 bits per heavy atom. The van der Waals surface area contributed by atoms with Gasteiger partial charge < -0.3 is 29.7 Å². The average Bonchev–Trinajstić information content (AvgIpc) is 2.88. The van der Waals surface area contributed by atoms with E-state index < -0.39 is 0 Å². The molecular weight excluding hydrogens is 434 g/mol. The predicted octanol–water partition coefficient (Wildman–Crippen LogP) is 4.10. The molecule has 0 aromatic heterocycles. The van der Waals surface area contributed by atoms with Crippen molar-refractivity contribution in [3.63, 3.8) is 0 Å². The van der Waals surface area contributed by atoms with Gasteiger partial charge >= 0.3 is 0 Å². The molecule has 2 aromatic rings. The van der Waals surface area contributed by atoms with E-state index >= 15 is 0 Å². The second-order valence-electron chi connectivity index (χ2n) is 8.08. The summed E-state index contributed by atoms with van der Waals surface area (Å²) in [5.74, 6) is 0.286. The van der Waals surface area contributed by atoms with E-state index in [-0.39, 0.29) is 11.8 Å². The Morgan fingerprint density at radius 3 is 2.32 bits per heavy atom. The lowest BCUT2D eigenvalue weighted by atomic mass is 10.1. The number of hydrogen-bond acceptors (Lipinski definition) is 6. The van der Waals surface area contributed by atoms with Crippen molar-refractivity contribution in [1.82, 2.24) is 5.32 Å². The molecule has 8 heteroatoms. The Kier molecular flexibility index (Phi) is 9.58. The van der Waals surface area contributed by atoms with Crippen molar-refractivity contribution in [2.24, 2.45) is 0 Å². The minimum Gasteiger partial charge on any atom is -0.496 e. The zero-order valence-electron chi connectivity index (χ0n) is 20.3. The SMILES string of the molecule is CCOCCCNC(=O)c1cc(NC(=O)c2c(OC)cccc2OC)ccc1N1CCCCC1. The van der Waals surface area contributed by atoms with Crippen LogP contribution >= 0.6 is 0 Å². The van der Waals surface area contributed by atoms with Gasteiger partial charge in [0.05, 0.1) is 19.8 Å². The monoisotopic (exact) mass is 469 g/mol. The number of methoxy groups -OCH3 is 2. The van der Waals surface area contributed by atoms with Gasteiger partial charge in [-0.05, 0) is 62.9 Å². The van der Waals surface area contributed by atoms with Crippen molar-refractivity contribution >= 4 is 23.2 Å². The molecule has 3 rings (SSSR count). The molecule has 2 N–H and O–H groups in total. The fraction of sp³-hybridized carbons (Fsp3) is 0.462. The molecule has 1 aliphatic heterocycles. The highest BCUT2D eigenvalue weighted by Gasteiger charge is 2.22. The van der Waals surface area contributed by atoms with E-state index in [9.17, 15) is 9.59 Å². The fourth-order valence-corrected chi connectivity index (χ4v) is 4.09. The van der Waals surface area contributed by atoms with Gasteiger partial charge in [0.15, 0.2) is 0 Å². The molecule has 0 unspecified atom stereocenters. The normalized spacial score (nSPS) is 13.3. The molecule has 0 atom stereocenters. The smallest absolute Gasteiger partial charge is 0.263 e. The average molecular weight is 470 g/mol. The first-order valence-electron chi connectivity index (χ1n) is 11.9. The Labute approximate surface area is 201 Å². The summed E-state index contributed by atoms with van der Waals surface area (Å²) in [6.45, 7) is 5.55. The molecule has 34 heavy (non-hydrogen) atoms. The molecule has 0 aliphatic carbocycles. The standard InChI is InChI=1S/C26H35N3O5/c1-4-34-17-9-14-27-25(30)20-18-19(12-13-21(20)29-15-6-5-7-16-29)28-26(31)24-22(32-2)10-8-11-23(24)33-3/h8,10-13,18H,4-7,9,14-17H2,1-3H3,(H,27,30)(H,28,31). The van der Waals surface area contributed by atoms with Crippen molar-refractivity contribution in [3.05, 3.63) is 47.5 Å². The van der Waals surface area contributed by atoms with Gasteiger partial charge in [-0.3, -0.25) is 9.59 Å². The summed E-state index contributed by atoms with van der Waals surface area (Å²) in [6, 6.07) is 10.7. The maximum atomic E-state index is 13.1. The first kappa shape index (κ1) is 25.4. The molecule has 1 saturated heterocycles. The number of anilines is 2. The lowest BCUT2D eigenvalue weighted by Gasteiger charge is -2.30. The Bertz CT molecular complexity index is 951. The number of nitrogens with one attached hydrogen (secondary N) is 2. The van der Waals surface area contributed by atoms with Crippen molar-refractivity contribution in [2.75, 3.05) is 57.3 Å². The van der Waals surface area contributed by atoms with Gasteiger partial charge in [-0.15, -0.1) is 0 Å². The molecule has 0 radical (unpaired) electrons. The van der Waals surface area contributed by atoms with Gasteiger partial charge in [0.1, 0.15) is 17.1 Å². The lowest BCUT2D eigenvalue weighted by molar-refractivity contribution is 0.0943. The third-order valence-electron chi connectivity index (χ3n) is 5.81. The highest BCUT2D eigenvalue weighted by molar-refractivity contribution is 6.09. The van der Waals surface area contributed by atoms with Gasteiger partial charge in [0.2, 0.25) is 0 Å². The molecule has 2 aromatic carbocycles. The largest absolute Gasteiger partial charge is 0.496 e. The second-order valence-corrected chi connectivity index (χ2v) is 8.08. The summed E-state index contributed by atoms with van der Waals surface area (Å²) in [4.78, 5) is 28.5. The summed E-state index contributed by atoms with van der Waals surface area (Å²) < 4.78 is 16.1. The Morgan fingerprint density at radius 1 is 0.971 bits per heavy atom. The second kappa shape index (κ2) is 12.8. The van der Waals surface area contributed by atoms with Crippen molar-refractivity contribution in [2.45, 2.75) is 32.6 Å². The lowest BCUT2D eigenvalue weighted by Crippen LogP contribution is -2.33. The van der Waals surface area contributed by atoms with Crippen LogP contribution in [0.15, 0.2) is 36.4 Å². The van der Waals surface area contributed by atoms with E-state index in [1.165, 1.54) is 20.6 Å². The van der Waals surface area contributed by atoms with Crippen LogP contribution in [0.3, 0.4) is 0 Å². The maximum Gasteiger partial charge on any atom is 0.263 e. The molecule has 184 valence electrons. The van der Waals surface area contributed by atoms with E-state index in [1.807, 2.05) is 19.1 Å². The summed E-state index contributed by atoms with van der Waals surface area (Å²) >= 11 is 0. The van der Waals surface area contributed by atoms with Crippen LogP contribution in [0.4, 0.5) is 11.4 Å². The van der Waals surface area contributed by atoms with E-state index in [1.54, 1.807) is 24.3 Å². The van der Waals surface area contributed by atoms with Crippen LogP contribution in [0.5, 0.6) is 11.5 Å². The third-order valence-corrected chi connectivity index (χ3v) is 5.81. The van der Waals surface area contributed by atoms with Crippen molar-refractivity contribution in [1.29, 1.82) is 0 Å². The van der Waals surface area contributed by atoms with E-state index in [2.05, 4.69) is 15.5 Å². The number of carbonyl (C=O) groups is 2. The summed E-state index contributed by atoms with van der Waals surface area (Å²) in [7, 11) is 3.01. The highest BCUT2D eigenvalue weighted by atomic mass is 16.5. The van der Waals surface area contributed by atoms with Crippen LogP contribution < -0.4 is 25.0 Å². The number of ether oxygens (including phenoxy) is 3. The predicted molar refractivity (Wildman–Crippen MR) is 133 cm³/mol. The number of rotatable bonds is 11. The van der Waals surface area contributed by atoms with Crippen molar-refractivity contribution in [3.8, 4) is 11.5 Å². The highest BCUT2D eigenvalue weighted by Crippen LogP contribution is 2.31. The zero-order chi connectivity index (χ0) is 24.3. The van der Waals surface area contributed by atoms with Gasteiger partial charge in [0.25, 0.3) is 11.8 Å². The molecule has 8 nitrogen and oxygen atoms in total. The van der Waals surface area contributed by atoms with E-state index in [4.69, 9.17) is 14.2 Å². The molecular formula is C26H35N3O5. The van der Waals surface area contributed by atoms with E-state index in [0.717, 1.165) is 38.0 Å². The van der Waals surface area contributed by atoms with Gasteiger partial charge in [-0.1, -0.05) is 6.07 Å². The van der Waals surface area contributed by atoms with Gasteiger partial charge in [0, 0.05) is 44.2 Å². The molecule has 2 amide bonds. The van der Waals surface area contributed by atoms with Crippen LogP contribution in [0.2, 0.25) is 0 Å². The number of nitrogens with zero attached hydrogens (tertiary/aromatic N) is 1. The molecule has 0 spiro atoms. The summed E-state index contributed by atoms with van der Waals surface area (Å²) in [6.07, 6.45) is 4.13. The quantitative estimate of drug-likeness (QED) is 0.482. The number of benzene rings is 2. The summed E-state index contributed by atoms with van der Waals surface area (Å²) in [5.41, 5.74) is 2.26. The zero-order valence-corrected chi connectivity index (χ0v) is 20.3. The minimum atomic E-state index is -0.372. The number of carbonyl (C=O) groups excluding carboxylic acids is 2. The third kappa shape index (κ3) is 6.41. The summed E-state index contributed by atoms with van der Waals surface area (Å²) in [5, 5.41) is 5.89. The topological polar surface area (TPSA) is 89.1 Å². The van der Waals surface area contributed by atoms with Gasteiger partial charge in [-0.25, -0.2) is 0 Å². The van der Waals surface area contributed by atoms with E-state index in [0.29, 0.717) is 48.1 Å². The van der Waals surface area contributed by atoms with Gasteiger partial charge in [-0.2, -0.15) is 0 Å². The fourth-order valence-electron chi connectivity index (χ4n) is 4.09. The first-order valence-corrected chi connectivity index (χ1v) is 11.9. The molecule has 1 fully saturated rings. The maximum absolute atomic E-state index is 13.1. The minimum absolute atomic E-state index is 0.164. The van der Waals surface area contributed by atoms with Crippen LogP contribution in [-0.4, -0.2) is 58.9 Å². The molecule has 0 bridgehead atoms. The number of amides is 2. The first-order chi connectivity index (χ1) is 16.6. The number of piperidine rings is 1. The van der Waals surface area contributed by atoms with Crippen molar-refractivity contribution < 1.29 is 23.8 Å². The number of hydrogen-bond donors (Lipinski definition) is 2. The van der Waals surface area contributed by atoms with Crippen LogP contribution in [0.1, 0.15) is 53.3 Å². The van der Waals surface area contributed by atoms with Crippen LogP contribution in [-0.2, 0) is 4.74 Å². The van der Waals surface area contributed by atoms with Crippen LogP contribution in [0, 0.1) is 0 Å². The molecule has 1 aliphatic rings. The molecule has 0 saturated carbocycles.